The van der Waals surface area contributed by atoms with Crippen molar-refractivity contribution >= 4 is 0 Å². The monoisotopic (exact) mass is 76.1 g/mol. The second-order valence-electron chi connectivity index (χ2n) is 0.622. The molecule has 0 amide bonds. The van der Waals surface area contributed by atoms with Gasteiger partial charge in [-0.15, -0.1) is 6.58 Å². The normalized spacial score (nSPS) is 7.40. The molecule has 0 atom stereocenters. The van der Waals surface area contributed by atoms with E-state index in [0.29, 0.717) is 6.61 Å². The van der Waals surface area contributed by atoms with Crippen LogP contribution in [0.25, 0.3) is 0 Å². The van der Waals surface area contributed by atoms with Crippen molar-refractivity contribution in [3.63, 3.8) is 0 Å². The maximum atomic E-state index is 4.57. The molecular weight excluding hydrogens is 66.0 g/mol. The molecule has 0 radical (unpaired) electrons. The van der Waals surface area contributed by atoms with E-state index in [2.05, 4.69) is 17.3 Å². The summed E-state index contributed by atoms with van der Waals surface area (Å²) in [6, 6.07) is 0. The van der Waals surface area contributed by atoms with Crippen LogP contribution in [0.5, 0.6) is 0 Å². The molecule has 0 aliphatic carbocycles. The van der Waals surface area contributed by atoms with Gasteiger partial charge >= 0.3 is 0 Å². The first-order chi connectivity index (χ1) is 2.41. The van der Waals surface area contributed by atoms with Crippen LogP contribution in [-0.2, 0) is 4.84 Å². The Kier molecular flexibility index (Phi) is 3.41. The van der Waals surface area contributed by atoms with Crippen molar-refractivity contribution in [1.29, 1.82) is 0 Å². The van der Waals surface area contributed by atoms with Gasteiger partial charge in [-0.3, -0.25) is 0 Å². The van der Waals surface area contributed by atoms with Gasteiger partial charge in [0.1, 0.15) is 0 Å². The Hall–Kier alpha value is -0.340. The molecule has 0 heterocycles. The highest BCUT2D eigenvalue weighted by atomic mass is 16.6. The third kappa shape index (κ3) is 3.66. The quantitative estimate of drug-likeness (QED) is 0.379. The molecule has 0 fully saturated rings. The second-order valence-corrected chi connectivity index (χ2v) is 0.622. The van der Waals surface area contributed by atoms with Crippen molar-refractivity contribution in [3.05, 3.63) is 12.7 Å². The summed E-state index contributed by atoms with van der Waals surface area (Å²) in [5, 5.41) is 0. The smallest absolute Gasteiger partial charge is 0.0858 e. The molecule has 0 saturated heterocycles. The zero-order chi connectivity index (χ0) is 4.12. The fraction of sp³-hybridized carbons (Fsp3) is 0.333. The van der Waals surface area contributed by atoms with Crippen LogP contribution in [0, 0.1) is 0 Å². The predicted octanol–water partition coefficient (Wildman–Crippen LogP) is 0.309. The minimum absolute atomic E-state index is 0. The highest BCUT2D eigenvalue weighted by molar-refractivity contribution is 4.62. The third-order valence-corrected chi connectivity index (χ3v) is 0.214. The minimum atomic E-state index is 0. The maximum Gasteiger partial charge on any atom is 0.0858 e. The minimum Gasteiger partial charge on any atom is -0.300 e. The van der Waals surface area contributed by atoms with Crippen LogP contribution in [-0.4, -0.2) is 6.61 Å². The van der Waals surface area contributed by atoms with Crippen LogP contribution >= 0.6 is 0 Å². The largest absolute Gasteiger partial charge is 0.300 e. The van der Waals surface area contributed by atoms with Crippen molar-refractivity contribution in [2.45, 2.75) is 0 Å². The Bertz CT molecular complexity index is 32.0. The molecule has 0 aromatic carbocycles. The van der Waals surface area contributed by atoms with Gasteiger partial charge in [-0.05, 0) is 0 Å². The molecule has 2 heteroatoms. The highest BCUT2D eigenvalue weighted by Gasteiger charge is 1.58. The van der Waals surface area contributed by atoms with Crippen molar-refractivity contribution in [3.8, 4) is 0 Å². The summed E-state index contributed by atoms with van der Waals surface area (Å²) in [7, 11) is 0. The van der Waals surface area contributed by atoms with E-state index in [1.807, 2.05) is 0 Å². The average molecular weight is 76.1 g/mol. The highest BCUT2D eigenvalue weighted by Crippen LogP contribution is 1.56. The maximum absolute atomic E-state index is 4.57. The Morgan fingerprint density at radius 1 is 2.20 bits per heavy atom. The number of hydrogen-bond acceptors (Lipinski definition) is 2. The van der Waals surface area contributed by atoms with Gasteiger partial charge in [-0.2, -0.15) is 0 Å². The molecule has 0 aromatic rings. The lowest BCUT2D eigenvalue weighted by atomic mass is 10.7. The first-order valence-corrected chi connectivity index (χ1v) is 1.34. The molecule has 0 rings (SSSR count). The molecule has 0 aliphatic rings. The van der Waals surface area contributed by atoms with E-state index in [-0.39, 0.29) is 1.43 Å². The van der Waals surface area contributed by atoms with E-state index in [4.69, 9.17) is 0 Å². The van der Waals surface area contributed by atoms with Gasteiger partial charge in [0, 0.05) is 1.43 Å². The standard InChI is InChI=1S/C3H7NO.H2/c1-2-3-5-4;/h2H,1,3-4H2;1H/i;1+1. The van der Waals surface area contributed by atoms with Crippen LogP contribution in [0.1, 0.15) is 1.43 Å². The van der Waals surface area contributed by atoms with E-state index < -0.39 is 0 Å². The summed E-state index contributed by atoms with van der Waals surface area (Å²) in [6.07, 6.45) is 1.58. The third-order valence-electron chi connectivity index (χ3n) is 0.214. The fourth-order valence-electron chi connectivity index (χ4n) is 0.0680. The summed E-state index contributed by atoms with van der Waals surface area (Å²) in [5.41, 5.74) is 0. The average Bonchev–Trinajstić information content (AvgIpc) is 1.41. The molecular formula is C3H9NO. The number of hydrogen-bond donors (Lipinski definition) is 1. The molecule has 0 spiro atoms. The summed E-state index contributed by atoms with van der Waals surface area (Å²) in [4.78, 5) is 4.07. The van der Waals surface area contributed by atoms with Crippen LogP contribution in [0.2, 0.25) is 0 Å². The lowest BCUT2D eigenvalue weighted by molar-refractivity contribution is 0.168. The first-order valence-electron chi connectivity index (χ1n) is 1.34. The SMILES string of the molecule is C=CCON.[2HH]. The van der Waals surface area contributed by atoms with Gasteiger partial charge in [0.25, 0.3) is 0 Å². The molecule has 0 aliphatic heterocycles. The topological polar surface area (TPSA) is 35.2 Å². The molecule has 32 valence electrons. The van der Waals surface area contributed by atoms with Gasteiger partial charge in [-0.1, -0.05) is 6.08 Å². The zero-order valence-electron chi connectivity index (χ0n) is 2.98. The molecule has 2 N–H and O–H groups in total. The van der Waals surface area contributed by atoms with Gasteiger partial charge in [-0.25, -0.2) is 5.90 Å². The van der Waals surface area contributed by atoms with Crippen molar-refractivity contribution in [1.82, 2.24) is 0 Å². The van der Waals surface area contributed by atoms with Gasteiger partial charge in [0.2, 0.25) is 0 Å². The van der Waals surface area contributed by atoms with Gasteiger partial charge < -0.3 is 4.84 Å². The number of rotatable bonds is 2. The molecule has 5 heavy (non-hydrogen) atoms. The van der Waals surface area contributed by atoms with Crippen LogP contribution < -0.4 is 5.90 Å². The molecule has 0 bridgehead atoms. The fourth-order valence-corrected chi connectivity index (χ4v) is 0.0680. The van der Waals surface area contributed by atoms with Crippen LogP contribution in [0.3, 0.4) is 0 Å². The lowest BCUT2D eigenvalue weighted by Crippen LogP contribution is -1.96. The molecule has 2 nitrogen and oxygen atoms in total. The number of nitrogens with two attached hydrogens (primary N) is 1. The Balaban J connectivity index is 0. The second kappa shape index (κ2) is 3.66. The summed E-state index contributed by atoms with van der Waals surface area (Å²) in [6.45, 7) is 3.78. The lowest BCUT2D eigenvalue weighted by Gasteiger charge is -1.79. The zero-order valence-corrected chi connectivity index (χ0v) is 2.98. The van der Waals surface area contributed by atoms with Crippen LogP contribution in [0.4, 0.5) is 0 Å². The molecule has 0 unspecified atom stereocenters. The molecule has 0 aromatic heterocycles. The summed E-state index contributed by atoms with van der Waals surface area (Å²) >= 11 is 0. The molecule has 0 saturated carbocycles. The van der Waals surface area contributed by atoms with E-state index in [0.717, 1.165) is 0 Å². The Labute approximate surface area is 32.7 Å². The van der Waals surface area contributed by atoms with Gasteiger partial charge in [0.15, 0.2) is 0 Å². The summed E-state index contributed by atoms with van der Waals surface area (Å²) in [5.74, 6) is 4.57. The first kappa shape index (κ1) is 4.66. The van der Waals surface area contributed by atoms with Crippen LogP contribution in [0.15, 0.2) is 12.7 Å². The van der Waals surface area contributed by atoms with Crippen molar-refractivity contribution in [2.75, 3.05) is 6.61 Å². The Morgan fingerprint density at radius 2 is 2.80 bits per heavy atom. The predicted molar refractivity (Wildman–Crippen MR) is 22.5 cm³/mol. The van der Waals surface area contributed by atoms with E-state index in [1.165, 1.54) is 0 Å². The van der Waals surface area contributed by atoms with Crippen molar-refractivity contribution < 1.29 is 6.26 Å². The van der Waals surface area contributed by atoms with E-state index in [1.54, 1.807) is 6.08 Å². The summed E-state index contributed by atoms with van der Waals surface area (Å²) < 4.78 is 0. The van der Waals surface area contributed by atoms with Crippen molar-refractivity contribution in [2.24, 2.45) is 5.90 Å². The Morgan fingerprint density at radius 3 is 2.80 bits per heavy atom. The van der Waals surface area contributed by atoms with Gasteiger partial charge in [0.05, 0.1) is 6.61 Å². The van der Waals surface area contributed by atoms with E-state index in [9.17, 15) is 0 Å². The van der Waals surface area contributed by atoms with E-state index >= 15 is 0 Å².